The van der Waals surface area contributed by atoms with Gasteiger partial charge in [-0.3, -0.25) is 30.7 Å². The molecule has 1 saturated heterocycles. The van der Waals surface area contributed by atoms with E-state index in [2.05, 4.69) is 17.4 Å². The molecule has 0 spiro atoms. The molecule has 0 radical (unpaired) electrons. The van der Waals surface area contributed by atoms with Crippen LogP contribution in [0, 0.1) is 10.1 Å². The zero-order valence-electron chi connectivity index (χ0n) is 12.1. The molecular weight excluding hydrogens is 288 g/mol. The normalized spacial score (nSPS) is 15.1. The molecule has 1 heterocycles. The van der Waals surface area contributed by atoms with Crippen LogP contribution >= 0.6 is 0 Å². The van der Waals surface area contributed by atoms with Crippen molar-refractivity contribution in [3.8, 4) is 0 Å². The summed E-state index contributed by atoms with van der Waals surface area (Å²) in [7, 11) is 0. The topological polar surface area (TPSA) is 96.7 Å². The second kappa shape index (κ2) is 7.53. The number of morpholine rings is 1. The molecule has 1 fully saturated rings. The minimum Gasteiger partial charge on any atom is -0.379 e. The van der Waals surface area contributed by atoms with Gasteiger partial charge in [-0.05, 0) is 0 Å². The first-order valence-electron chi connectivity index (χ1n) is 6.85. The zero-order valence-corrected chi connectivity index (χ0v) is 12.1. The monoisotopic (exact) mass is 306 g/mol. The van der Waals surface area contributed by atoms with Gasteiger partial charge >= 0.3 is 0 Å². The van der Waals surface area contributed by atoms with Gasteiger partial charge in [0.25, 0.3) is 11.6 Å². The van der Waals surface area contributed by atoms with Gasteiger partial charge in [0.1, 0.15) is 0 Å². The van der Waals surface area contributed by atoms with E-state index in [0.29, 0.717) is 24.5 Å². The second-order valence-electron chi connectivity index (χ2n) is 4.85. The van der Waals surface area contributed by atoms with E-state index in [0.717, 1.165) is 13.1 Å². The number of nitrogens with zero attached hydrogens (tertiary/aromatic N) is 2. The van der Waals surface area contributed by atoms with Crippen LogP contribution in [-0.2, 0) is 9.53 Å². The molecular formula is C14H18N4O4. The van der Waals surface area contributed by atoms with Gasteiger partial charge < -0.3 is 4.74 Å². The molecule has 0 unspecified atom stereocenters. The van der Waals surface area contributed by atoms with Crippen LogP contribution in [0.1, 0.15) is 5.56 Å². The third kappa shape index (κ3) is 4.54. The largest absolute Gasteiger partial charge is 0.379 e. The lowest BCUT2D eigenvalue weighted by atomic mass is 10.1. The summed E-state index contributed by atoms with van der Waals surface area (Å²) in [5.74, 6) is -0.200. The van der Waals surface area contributed by atoms with E-state index in [1.807, 2.05) is 4.90 Å². The standard InChI is InChI=1S/C14H18N4O4/c1-11(12-3-2-4-13(9-12)18(20)21)15-16-14(19)10-17-5-7-22-8-6-17/h2-4,9,15H,1,5-8,10H2,(H,16,19). The molecule has 1 aliphatic heterocycles. The molecule has 22 heavy (non-hydrogen) atoms. The van der Waals surface area contributed by atoms with E-state index in [1.54, 1.807) is 12.1 Å². The fourth-order valence-corrected chi connectivity index (χ4v) is 2.03. The number of nitro benzene ring substituents is 1. The van der Waals surface area contributed by atoms with Crippen molar-refractivity contribution in [3.63, 3.8) is 0 Å². The van der Waals surface area contributed by atoms with E-state index in [4.69, 9.17) is 4.74 Å². The Morgan fingerprint density at radius 1 is 1.36 bits per heavy atom. The summed E-state index contributed by atoms with van der Waals surface area (Å²) < 4.78 is 5.21. The molecule has 0 aromatic heterocycles. The van der Waals surface area contributed by atoms with Gasteiger partial charge in [0.05, 0.1) is 30.4 Å². The highest BCUT2D eigenvalue weighted by Crippen LogP contribution is 2.16. The number of ether oxygens (including phenoxy) is 1. The number of non-ortho nitro benzene ring substituents is 1. The Labute approximate surface area is 127 Å². The molecule has 1 aliphatic rings. The van der Waals surface area contributed by atoms with Gasteiger partial charge in [0.2, 0.25) is 0 Å². The number of amides is 1. The third-order valence-electron chi connectivity index (χ3n) is 3.23. The Balaban J connectivity index is 1.82. The molecule has 8 heteroatoms. The predicted molar refractivity (Wildman–Crippen MR) is 80.7 cm³/mol. The fraction of sp³-hybridized carbons (Fsp3) is 0.357. The highest BCUT2D eigenvalue weighted by atomic mass is 16.6. The van der Waals surface area contributed by atoms with Gasteiger partial charge in [0.15, 0.2) is 0 Å². The zero-order chi connectivity index (χ0) is 15.9. The van der Waals surface area contributed by atoms with Crippen LogP contribution in [0.15, 0.2) is 30.8 Å². The van der Waals surface area contributed by atoms with Gasteiger partial charge in [-0.25, -0.2) is 0 Å². The summed E-state index contributed by atoms with van der Waals surface area (Å²) in [6.07, 6.45) is 0. The van der Waals surface area contributed by atoms with E-state index < -0.39 is 4.92 Å². The first-order chi connectivity index (χ1) is 10.6. The third-order valence-corrected chi connectivity index (χ3v) is 3.23. The Kier molecular flexibility index (Phi) is 5.45. The Hall–Kier alpha value is -2.45. The Bertz CT molecular complexity index is 570. The average molecular weight is 306 g/mol. The van der Waals surface area contributed by atoms with Crippen molar-refractivity contribution in [2.24, 2.45) is 0 Å². The molecule has 118 valence electrons. The van der Waals surface area contributed by atoms with Crippen LogP contribution in [0.5, 0.6) is 0 Å². The maximum atomic E-state index is 11.8. The molecule has 0 bridgehead atoms. The van der Waals surface area contributed by atoms with Gasteiger partial charge in [-0.1, -0.05) is 18.7 Å². The molecule has 2 N–H and O–H groups in total. The summed E-state index contributed by atoms with van der Waals surface area (Å²) in [4.78, 5) is 24.1. The quantitative estimate of drug-likeness (QED) is 0.587. The van der Waals surface area contributed by atoms with Crippen LogP contribution in [-0.4, -0.2) is 48.6 Å². The molecule has 8 nitrogen and oxygen atoms in total. The average Bonchev–Trinajstić information content (AvgIpc) is 2.53. The summed E-state index contributed by atoms with van der Waals surface area (Å²) in [5.41, 5.74) is 6.12. The van der Waals surface area contributed by atoms with Crippen molar-refractivity contribution >= 4 is 17.3 Å². The lowest BCUT2D eigenvalue weighted by Crippen LogP contribution is -2.46. The van der Waals surface area contributed by atoms with Crippen LogP contribution in [0.25, 0.3) is 5.70 Å². The maximum absolute atomic E-state index is 11.8. The number of carbonyl (C=O) groups is 1. The van der Waals surface area contributed by atoms with Crippen molar-refractivity contribution in [2.45, 2.75) is 0 Å². The fourth-order valence-electron chi connectivity index (χ4n) is 2.03. The molecule has 1 aromatic rings. The Morgan fingerprint density at radius 3 is 2.77 bits per heavy atom. The van der Waals surface area contributed by atoms with Gasteiger partial charge in [-0.2, -0.15) is 0 Å². The number of hydrazine groups is 1. The SMILES string of the molecule is C=C(NNC(=O)CN1CCOCC1)c1cccc([N+](=O)[O-])c1. The number of nitro groups is 1. The maximum Gasteiger partial charge on any atom is 0.270 e. The van der Waals surface area contributed by atoms with Crippen LogP contribution < -0.4 is 10.9 Å². The van der Waals surface area contributed by atoms with E-state index >= 15 is 0 Å². The number of rotatable bonds is 6. The first-order valence-corrected chi connectivity index (χ1v) is 6.85. The minimum atomic E-state index is -0.478. The number of nitrogens with one attached hydrogen (secondary N) is 2. The van der Waals surface area contributed by atoms with Crippen molar-refractivity contribution in [1.82, 2.24) is 15.8 Å². The summed E-state index contributed by atoms with van der Waals surface area (Å²) in [6, 6.07) is 6.03. The summed E-state index contributed by atoms with van der Waals surface area (Å²) >= 11 is 0. The van der Waals surface area contributed by atoms with Crippen molar-refractivity contribution in [2.75, 3.05) is 32.8 Å². The van der Waals surface area contributed by atoms with Crippen LogP contribution in [0.3, 0.4) is 0 Å². The molecule has 2 rings (SSSR count). The van der Waals surface area contributed by atoms with Gasteiger partial charge in [0, 0.05) is 30.8 Å². The Morgan fingerprint density at radius 2 is 2.09 bits per heavy atom. The van der Waals surface area contributed by atoms with Crippen LogP contribution in [0.2, 0.25) is 0 Å². The number of hydrogen-bond acceptors (Lipinski definition) is 6. The molecule has 0 aliphatic carbocycles. The lowest BCUT2D eigenvalue weighted by Gasteiger charge is -2.25. The molecule has 1 amide bonds. The molecule has 0 saturated carbocycles. The highest BCUT2D eigenvalue weighted by molar-refractivity contribution is 5.79. The highest BCUT2D eigenvalue weighted by Gasteiger charge is 2.14. The van der Waals surface area contributed by atoms with E-state index in [1.165, 1.54) is 12.1 Å². The minimum absolute atomic E-state index is 0.0277. The second-order valence-corrected chi connectivity index (χ2v) is 4.85. The number of benzene rings is 1. The van der Waals surface area contributed by atoms with E-state index in [-0.39, 0.29) is 18.1 Å². The van der Waals surface area contributed by atoms with Crippen molar-refractivity contribution < 1.29 is 14.5 Å². The number of carbonyl (C=O) groups excluding carboxylic acids is 1. The lowest BCUT2D eigenvalue weighted by molar-refractivity contribution is -0.384. The first kappa shape index (κ1) is 15.9. The van der Waals surface area contributed by atoms with Gasteiger partial charge in [-0.15, -0.1) is 0 Å². The van der Waals surface area contributed by atoms with Crippen LogP contribution in [0.4, 0.5) is 5.69 Å². The molecule has 0 atom stereocenters. The summed E-state index contributed by atoms with van der Waals surface area (Å²) in [6.45, 7) is 6.72. The van der Waals surface area contributed by atoms with Crippen molar-refractivity contribution in [3.05, 3.63) is 46.5 Å². The predicted octanol–water partition coefficient (Wildman–Crippen LogP) is 0.519. The van der Waals surface area contributed by atoms with E-state index in [9.17, 15) is 14.9 Å². The number of hydrogen-bond donors (Lipinski definition) is 2. The molecule has 1 aromatic carbocycles. The smallest absolute Gasteiger partial charge is 0.270 e. The summed E-state index contributed by atoms with van der Waals surface area (Å²) in [5, 5.41) is 10.7. The van der Waals surface area contributed by atoms with Crippen molar-refractivity contribution in [1.29, 1.82) is 0 Å².